The molecule has 4 nitrogen and oxygen atoms in total. The van der Waals surface area contributed by atoms with Gasteiger partial charge in [0.15, 0.2) is 5.76 Å². The van der Waals surface area contributed by atoms with Crippen molar-refractivity contribution in [3.63, 3.8) is 0 Å². The molecule has 1 aliphatic rings. The predicted molar refractivity (Wildman–Crippen MR) is 74.3 cm³/mol. The Morgan fingerprint density at radius 1 is 1.35 bits per heavy atom. The van der Waals surface area contributed by atoms with Crippen molar-refractivity contribution in [3.8, 4) is 11.3 Å². The molecule has 2 aromatic rings. The van der Waals surface area contributed by atoms with Crippen molar-refractivity contribution in [2.75, 3.05) is 13.1 Å². The van der Waals surface area contributed by atoms with Crippen molar-refractivity contribution < 1.29 is 8.81 Å². The molecule has 2 heterocycles. The summed E-state index contributed by atoms with van der Waals surface area (Å²) in [5.41, 5.74) is 6.83. The maximum Gasteiger partial charge on any atom is 0.209 e. The lowest BCUT2D eigenvalue weighted by Gasteiger charge is -2.11. The number of halogens is 1. The first-order chi connectivity index (χ1) is 9.61. The largest absolute Gasteiger partial charge is 0.439 e. The highest BCUT2D eigenvalue weighted by molar-refractivity contribution is 5.55. The number of nitrogens with zero attached hydrogens (tertiary/aromatic N) is 2. The van der Waals surface area contributed by atoms with E-state index in [1.807, 2.05) is 0 Å². The molecule has 20 heavy (non-hydrogen) atoms. The highest BCUT2D eigenvalue weighted by Gasteiger charge is 2.27. The van der Waals surface area contributed by atoms with Gasteiger partial charge in [-0.25, -0.2) is 9.37 Å². The molecule has 3 rings (SSSR count). The van der Waals surface area contributed by atoms with E-state index in [2.05, 4.69) is 16.8 Å². The fourth-order valence-corrected chi connectivity index (χ4v) is 2.55. The molecule has 1 aromatic carbocycles. The Labute approximate surface area is 117 Å². The molecule has 106 valence electrons. The number of likely N-dealkylation sites (tertiary alicyclic amines) is 1. The van der Waals surface area contributed by atoms with Crippen LogP contribution in [0, 0.1) is 11.7 Å². The molecule has 0 amide bonds. The minimum absolute atomic E-state index is 0.224. The molecule has 0 saturated carbocycles. The number of hydrogen-bond acceptors (Lipinski definition) is 4. The van der Waals surface area contributed by atoms with Crippen molar-refractivity contribution in [3.05, 3.63) is 42.2 Å². The molecule has 0 radical (unpaired) electrons. The zero-order valence-electron chi connectivity index (χ0n) is 11.4. The quantitative estimate of drug-likeness (QED) is 0.933. The van der Waals surface area contributed by atoms with Crippen LogP contribution < -0.4 is 5.73 Å². The molecular formula is C15H18FN3O. The highest BCUT2D eigenvalue weighted by Crippen LogP contribution is 2.22. The van der Waals surface area contributed by atoms with E-state index in [0.29, 0.717) is 24.1 Å². The van der Waals surface area contributed by atoms with E-state index < -0.39 is 0 Å². The molecule has 0 spiro atoms. The second-order valence-corrected chi connectivity index (χ2v) is 5.46. The van der Waals surface area contributed by atoms with Crippen molar-refractivity contribution in [1.82, 2.24) is 9.88 Å². The molecule has 2 unspecified atom stereocenters. The lowest BCUT2D eigenvalue weighted by Crippen LogP contribution is -2.28. The number of aromatic nitrogens is 1. The summed E-state index contributed by atoms with van der Waals surface area (Å²) in [6.45, 7) is 4.66. The molecular weight excluding hydrogens is 257 g/mol. The van der Waals surface area contributed by atoms with Gasteiger partial charge in [0.05, 0.1) is 12.7 Å². The second kappa shape index (κ2) is 5.34. The highest BCUT2D eigenvalue weighted by atomic mass is 19.1. The molecule has 1 saturated heterocycles. The number of benzene rings is 1. The summed E-state index contributed by atoms with van der Waals surface area (Å²) in [6, 6.07) is 6.43. The van der Waals surface area contributed by atoms with Gasteiger partial charge in [0.1, 0.15) is 5.82 Å². The SMILES string of the molecule is CC1CN(Cc2ncc(-c3ccc(F)cc3)o2)CC1N. The van der Waals surface area contributed by atoms with Crippen LogP contribution in [0.3, 0.4) is 0 Å². The van der Waals surface area contributed by atoms with Crippen LogP contribution in [0.25, 0.3) is 11.3 Å². The van der Waals surface area contributed by atoms with E-state index in [0.717, 1.165) is 18.7 Å². The Bertz CT molecular complexity index is 571. The summed E-state index contributed by atoms with van der Waals surface area (Å²) in [6.07, 6.45) is 1.68. The second-order valence-electron chi connectivity index (χ2n) is 5.46. The first-order valence-corrected chi connectivity index (χ1v) is 6.80. The summed E-state index contributed by atoms with van der Waals surface area (Å²) in [4.78, 5) is 6.53. The smallest absolute Gasteiger partial charge is 0.209 e. The lowest BCUT2D eigenvalue weighted by molar-refractivity contribution is 0.283. The predicted octanol–water partition coefficient (Wildman–Crippen LogP) is 2.26. The number of nitrogens with two attached hydrogens (primary N) is 1. The van der Waals surface area contributed by atoms with E-state index in [-0.39, 0.29) is 11.9 Å². The van der Waals surface area contributed by atoms with Gasteiger partial charge < -0.3 is 10.2 Å². The van der Waals surface area contributed by atoms with Gasteiger partial charge in [0.25, 0.3) is 0 Å². The van der Waals surface area contributed by atoms with Crippen molar-refractivity contribution >= 4 is 0 Å². The number of oxazole rings is 1. The number of rotatable bonds is 3. The Morgan fingerprint density at radius 3 is 2.75 bits per heavy atom. The van der Waals surface area contributed by atoms with Crippen LogP contribution in [0.2, 0.25) is 0 Å². The molecule has 2 N–H and O–H groups in total. The van der Waals surface area contributed by atoms with Gasteiger partial charge in [-0.3, -0.25) is 4.90 Å². The maximum absolute atomic E-state index is 12.9. The Kier molecular flexibility index (Phi) is 3.54. The molecule has 0 bridgehead atoms. The molecule has 0 aliphatic carbocycles. The summed E-state index contributed by atoms with van der Waals surface area (Å²) in [5.74, 6) is 1.58. The Hall–Kier alpha value is -1.72. The molecule has 2 atom stereocenters. The van der Waals surface area contributed by atoms with E-state index in [1.165, 1.54) is 12.1 Å². The monoisotopic (exact) mass is 275 g/mol. The minimum atomic E-state index is -0.256. The summed E-state index contributed by atoms with van der Waals surface area (Å²) < 4.78 is 18.6. The van der Waals surface area contributed by atoms with Gasteiger partial charge >= 0.3 is 0 Å². The van der Waals surface area contributed by atoms with Gasteiger partial charge in [-0.1, -0.05) is 6.92 Å². The molecule has 5 heteroatoms. The van der Waals surface area contributed by atoms with Crippen LogP contribution >= 0.6 is 0 Å². The third kappa shape index (κ3) is 2.73. The van der Waals surface area contributed by atoms with Crippen LogP contribution in [-0.2, 0) is 6.54 Å². The normalized spacial score (nSPS) is 23.4. The van der Waals surface area contributed by atoms with Gasteiger partial charge in [-0.15, -0.1) is 0 Å². The summed E-state index contributed by atoms with van der Waals surface area (Å²) in [7, 11) is 0. The summed E-state index contributed by atoms with van der Waals surface area (Å²) >= 11 is 0. The third-order valence-corrected chi connectivity index (χ3v) is 3.79. The maximum atomic E-state index is 12.9. The zero-order chi connectivity index (χ0) is 14.1. The van der Waals surface area contributed by atoms with Crippen molar-refractivity contribution in [2.24, 2.45) is 11.7 Å². The van der Waals surface area contributed by atoms with E-state index >= 15 is 0 Å². The average Bonchev–Trinajstić information content (AvgIpc) is 2.99. The van der Waals surface area contributed by atoms with Crippen LogP contribution in [0.1, 0.15) is 12.8 Å². The topological polar surface area (TPSA) is 55.3 Å². The molecule has 1 aliphatic heterocycles. The van der Waals surface area contributed by atoms with Gasteiger partial charge in [0, 0.05) is 24.7 Å². The van der Waals surface area contributed by atoms with Gasteiger partial charge in [0.2, 0.25) is 5.89 Å². The lowest BCUT2D eigenvalue weighted by atomic mass is 10.1. The van der Waals surface area contributed by atoms with Gasteiger partial charge in [-0.05, 0) is 30.2 Å². The van der Waals surface area contributed by atoms with Crippen molar-refractivity contribution in [1.29, 1.82) is 0 Å². The van der Waals surface area contributed by atoms with E-state index in [1.54, 1.807) is 18.3 Å². The summed E-state index contributed by atoms with van der Waals surface area (Å²) in [5, 5.41) is 0. The van der Waals surface area contributed by atoms with E-state index in [4.69, 9.17) is 10.2 Å². The fourth-order valence-electron chi connectivity index (χ4n) is 2.55. The van der Waals surface area contributed by atoms with Crippen LogP contribution in [0.5, 0.6) is 0 Å². The molecule has 1 fully saturated rings. The Morgan fingerprint density at radius 2 is 2.10 bits per heavy atom. The Balaban J connectivity index is 1.69. The van der Waals surface area contributed by atoms with Crippen LogP contribution in [0.4, 0.5) is 4.39 Å². The van der Waals surface area contributed by atoms with Gasteiger partial charge in [-0.2, -0.15) is 0 Å². The van der Waals surface area contributed by atoms with Crippen molar-refractivity contribution in [2.45, 2.75) is 19.5 Å². The first-order valence-electron chi connectivity index (χ1n) is 6.80. The molecule has 1 aromatic heterocycles. The van der Waals surface area contributed by atoms with Crippen LogP contribution in [0.15, 0.2) is 34.9 Å². The minimum Gasteiger partial charge on any atom is -0.439 e. The number of hydrogen-bond donors (Lipinski definition) is 1. The van der Waals surface area contributed by atoms with E-state index in [9.17, 15) is 4.39 Å². The third-order valence-electron chi connectivity index (χ3n) is 3.79. The standard InChI is InChI=1S/C15H18FN3O/c1-10-7-19(8-13(10)17)9-15-18-6-14(20-15)11-2-4-12(16)5-3-11/h2-6,10,13H,7-9,17H2,1H3. The first kappa shape index (κ1) is 13.3. The van der Waals surface area contributed by atoms with Crippen LogP contribution in [-0.4, -0.2) is 29.0 Å². The zero-order valence-corrected chi connectivity index (χ0v) is 11.4. The fraction of sp³-hybridized carbons (Fsp3) is 0.400. The average molecular weight is 275 g/mol.